The SMILES string of the molecule is COc1ccc(C2(CNC(=O)Nc3ccc(Cl)cc3)CCCC2)cc1. The molecule has 1 aliphatic rings. The molecule has 0 spiro atoms. The Hall–Kier alpha value is -2.20. The number of hydrogen-bond donors (Lipinski definition) is 2. The van der Waals surface area contributed by atoms with Crippen LogP contribution >= 0.6 is 11.6 Å². The lowest BCUT2D eigenvalue weighted by Crippen LogP contribution is -2.40. The summed E-state index contributed by atoms with van der Waals surface area (Å²) in [6.07, 6.45) is 4.54. The van der Waals surface area contributed by atoms with Crippen molar-refractivity contribution in [3.05, 3.63) is 59.1 Å². The van der Waals surface area contributed by atoms with E-state index >= 15 is 0 Å². The number of carbonyl (C=O) groups excluding carboxylic acids is 1. The van der Waals surface area contributed by atoms with E-state index in [-0.39, 0.29) is 11.4 Å². The van der Waals surface area contributed by atoms with Gasteiger partial charge in [0, 0.05) is 22.7 Å². The minimum absolute atomic E-state index is 0.00358. The largest absolute Gasteiger partial charge is 0.497 e. The highest BCUT2D eigenvalue weighted by Crippen LogP contribution is 2.41. The van der Waals surface area contributed by atoms with E-state index in [0.717, 1.165) is 24.3 Å². The molecule has 2 aromatic rings. The Bertz CT molecular complexity index is 707. The van der Waals surface area contributed by atoms with Crippen LogP contribution in [-0.2, 0) is 5.41 Å². The quantitative estimate of drug-likeness (QED) is 0.791. The Balaban J connectivity index is 1.65. The zero-order valence-corrected chi connectivity index (χ0v) is 15.1. The van der Waals surface area contributed by atoms with Gasteiger partial charge in [-0.1, -0.05) is 36.6 Å². The molecule has 2 N–H and O–H groups in total. The van der Waals surface area contributed by atoms with E-state index in [4.69, 9.17) is 16.3 Å². The Labute approximate surface area is 153 Å². The Kier molecular flexibility index (Phi) is 5.49. The van der Waals surface area contributed by atoms with Crippen molar-refractivity contribution in [2.75, 3.05) is 19.0 Å². The first-order chi connectivity index (χ1) is 12.1. The van der Waals surface area contributed by atoms with Crippen LogP contribution in [0.3, 0.4) is 0 Å². The lowest BCUT2D eigenvalue weighted by molar-refractivity contribution is 0.248. The number of benzene rings is 2. The van der Waals surface area contributed by atoms with Crippen LogP contribution in [0.1, 0.15) is 31.2 Å². The molecule has 1 fully saturated rings. The van der Waals surface area contributed by atoms with E-state index in [0.29, 0.717) is 11.6 Å². The third-order valence-electron chi connectivity index (χ3n) is 4.95. The van der Waals surface area contributed by atoms with Crippen molar-refractivity contribution in [2.24, 2.45) is 0 Å². The standard InChI is InChI=1S/C20H23ClN2O2/c1-25-18-10-4-15(5-11-18)20(12-2-3-13-20)14-22-19(24)23-17-8-6-16(21)7-9-17/h4-11H,2-3,12-14H2,1H3,(H2,22,23,24). The number of amides is 2. The molecule has 2 amide bonds. The molecule has 0 saturated heterocycles. The van der Waals surface area contributed by atoms with Gasteiger partial charge < -0.3 is 15.4 Å². The number of hydrogen-bond acceptors (Lipinski definition) is 2. The second-order valence-corrected chi connectivity index (χ2v) is 6.97. The number of ether oxygens (including phenoxy) is 1. The third-order valence-corrected chi connectivity index (χ3v) is 5.20. The second-order valence-electron chi connectivity index (χ2n) is 6.53. The summed E-state index contributed by atoms with van der Waals surface area (Å²) in [6, 6.07) is 15.1. The molecule has 0 heterocycles. The molecule has 25 heavy (non-hydrogen) atoms. The molecule has 5 heteroatoms. The smallest absolute Gasteiger partial charge is 0.319 e. The van der Waals surface area contributed by atoms with E-state index in [2.05, 4.69) is 22.8 Å². The fourth-order valence-electron chi connectivity index (χ4n) is 3.52. The van der Waals surface area contributed by atoms with Crippen LogP contribution in [0.4, 0.5) is 10.5 Å². The molecule has 4 nitrogen and oxygen atoms in total. The normalized spacial score (nSPS) is 15.6. The van der Waals surface area contributed by atoms with E-state index in [1.807, 2.05) is 12.1 Å². The number of methoxy groups -OCH3 is 1. The zero-order valence-electron chi connectivity index (χ0n) is 14.3. The fraction of sp³-hybridized carbons (Fsp3) is 0.350. The molecule has 0 bridgehead atoms. The molecule has 0 atom stereocenters. The predicted octanol–water partition coefficient (Wildman–Crippen LogP) is 4.98. The van der Waals surface area contributed by atoms with Gasteiger partial charge in [0.1, 0.15) is 5.75 Å². The van der Waals surface area contributed by atoms with Gasteiger partial charge in [0.05, 0.1) is 7.11 Å². The average molecular weight is 359 g/mol. The monoisotopic (exact) mass is 358 g/mol. The molecule has 3 rings (SSSR count). The summed E-state index contributed by atoms with van der Waals surface area (Å²) >= 11 is 5.87. The first kappa shape index (κ1) is 17.6. The van der Waals surface area contributed by atoms with E-state index in [9.17, 15) is 4.79 Å². The lowest BCUT2D eigenvalue weighted by Gasteiger charge is -2.30. The Morgan fingerprint density at radius 2 is 1.72 bits per heavy atom. The van der Waals surface area contributed by atoms with Gasteiger partial charge in [-0.3, -0.25) is 0 Å². The number of halogens is 1. The van der Waals surface area contributed by atoms with Gasteiger partial charge >= 0.3 is 6.03 Å². The predicted molar refractivity (Wildman–Crippen MR) is 102 cm³/mol. The lowest BCUT2D eigenvalue weighted by atomic mass is 9.79. The number of carbonyl (C=O) groups is 1. The van der Waals surface area contributed by atoms with Gasteiger partial charge in [-0.15, -0.1) is 0 Å². The van der Waals surface area contributed by atoms with Crippen molar-refractivity contribution in [3.8, 4) is 5.75 Å². The van der Waals surface area contributed by atoms with E-state index < -0.39 is 0 Å². The van der Waals surface area contributed by atoms with Crippen LogP contribution in [0.25, 0.3) is 0 Å². The van der Waals surface area contributed by atoms with Crippen molar-refractivity contribution < 1.29 is 9.53 Å². The van der Waals surface area contributed by atoms with Gasteiger partial charge in [0.15, 0.2) is 0 Å². The number of nitrogens with one attached hydrogen (secondary N) is 2. The molecular formula is C20H23ClN2O2. The summed E-state index contributed by atoms with van der Waals surface area (Å²) in [6.45, 7) is 0.624. The maximum atomic E-state index is 12.3. The van der Waals surface area contributed by atoms with Crippen molar-refractivity contribution in [1.29, 1.82) is 0 Å². The molecule has 1 saturated carbocycles. The molecule has 1 aliphatic carbocycles. The van der Waals surface area contributed by atoms with Crippen LogP contribution in [0, 0.1) is 0 Å². The average Bonchev–Trinajstić information content (AvgIpc) is 3.12. The van der Waals surface area contributed by atoms with Gasteiger partial charge in [-0.2, -0.15) is 0 Å². The first-order valence-corrected chi connectivity index (χ1v) is 8.94. The van der Waals surface area contributed by atoms with Crippen molar-refractivity contribution in [3.63, 3.8) is 0 Å². The van der Waals surface area contributed by atoms with Crippen molar-refractivity contribution >= 4 is 23.3 Å². The summed E-state index contributed by atoms with van der Waals surface area (Å²) < 4.78 is 5.25. The molecule has 0 aliphatic heterocycles. The van der Waals surface area contributed by atoms with E-state index in [1.54, 1.807) is 31.4 Å². The maximum absolute atomic E-state index is 12.3. The van der Waals surface area contributed by atoms with Crippen molar-refractivity contribution in [1.82, 2.24) is 5.32 Å². The summed E-state index contributed by atoms with van der Waals surface area (Å²) in [5.74, 6) is 0.852. The Morgan fingerprint density at radius 3 is 2.32 bits per heavy atom. The van der Waals surface area contributed by atoms with E-state index in [1.165, 1.54) is 18.4 Å². The minimum Gasteiger partial charge on any atom is -0.497 e. The highest BCUT2D eigenvalue weighted by Gasteiger charge is 2.35. The highest BCUT2D eigenvalue weighted by molar-refractivity contribution is 6.30. The number of anilines is 1. The summed E-state index contributed by atoms with van der Waals surface area (Å²) in [4.78, 5) is 12.3. The molecule has 0 radical (unpaired) electrons. The molecule has 0 unspecified atom stereocenters. The van der Waals surface area contributed by atoms with Crippen molar-refractivity contribution in [2.45, 2.75) is 31.1 Å². The maximum Gasteiger partial charge on any atom is 0.319 e. The first-order valence-electron chi connectivity index (χ1n) is 8.56. The minimum atomic E-state index is -0.192. The van der Waals surface area contributed by atoms with Gasteiger partial charge in [0.25, 0.3) is 0 Å². The summed E-state index contributed by atoms with van der Waals surface area (Å²) in [5, 5.41) is 6.54. The molecule has 132 valence electrons. The molecule has 0 aromatic heterocycles. The van der Waals surface area contributed by atoms with Crippen LogP contribution in [0.2, 0.25) is 5.02 Å². The Morgan fingerprint density at radius 1 is 1.08 bits per heavy atom. The highest BCUT2D eigenvalue weighted by atomic mass is 35.5. The van der Waals surface area contributed by atoms with Crippen LogP contribution in [0.5, 0.6) is 5.75 Å². The third kappa shape index (κ3) is 4.26. The second kappa shape index (κ2) is 7.79. The topological polar surface area (TPSA) is 50.4 Å². The number of urea groups is 1. The molecular weight excluding hydrogens is 336 g/mol. The van der Waals surface area contributed by atoms with Gasteiger partial charge in [0.2, 0.25) is 0 Å². The zero-order chi connectivity index (χ0) is 17.7. The van der Waals surface area contributed by atoms with Gasteiger partial charge in [-0.05, 0) is 54.8 Å². The summed E-state index contributed by atoms with van der Waals surface area (Å²) in [5.41, 5.74) is 1.99. The number of rotatable bonds is 5. The molecule has 2 aromatic carbocycles. The van der Waals surface area contributed by atoms with Crippen LogP contribution in [-0.4, -0.2) is 19.7 Å². The fourth-order valence-corrected chi connectivity index (χ4v) is 3.65. The van der Waals surface area contributed by atoms with Gasteiger partial charge in [-0.25, -0.2) is 4.79 Å². The van der Waals surface area contributed by atoms with Crippen LogP contribution < -0.4 is 15.4 Å². The summed E-state index contributed by atoms with van der Waals surface area (Å²) in [7, 11) is 1.67. The van der Waals surface area contributed by atoms with Crippen LogP contribution in [0.15, 0.2) is 48.5 Å².